The van der Waals surface area contributed by atoms with Crippen LogP contribution in [0.2, 0.25) is 0 Å². The van der Waals surface area contributed by atoms with Gasteiger partial charge in [-0.25, -0.2) is 9.78 Å². The second kappa shape index (κ2) is 6.69. The van der Waals surface area contributed by atoms with Crippen LogP contribution in [0.5, 0.6) is 0 Å². The van der Waals surface area contributed by atoms with Crippen LogP contribution in [0.15, 0.2) is 37.6 Å². The van der Waals surface area contributed by atoms with Gasteiger partial charge in [-0.15, -0.1) is 0 Å². The number of amides is 1. The number of nitrogens with two attached hydrogens (primary N) is 2. The summed E-state index contributed by atoms with van der Waals surface area (Å²) in [5.74, 6) is 0.259. The van der Waals surface area contributed by atoms with Gasteiger partial charge < -0.3 is 21.2 Å². The predicted octanol–water partition coefficient (Wildman–Crippen LogP) is 2.55. The maximum atomic E-state index is 11.5. The maximum absolute atomic E-state index is 11.5. The van der Waals surface area contributed by atoms with Crippen LogP contribution in [-0.4, -0.2) is 22.7 Å². The quantitative estimate of drug-likeness (QED) is 0.632. The normalized spacial score (nSPS) is 11.3. The summed E-state index contributed by atoms with van der Waals surface area (Å²) in [6.45, 7) is 9.48. The molecule has 7 heteroatoms. The number of H-pyrrole nitrogens is 1. The Labute approximate surface area is 133 Å². The predicted molar refractivity (Wildman–Crippen MR) is 92.3 cm³/mol. The fourth-order valence-corrected chi connectivity index (χ4v) is 2.13. The fraction of sp³-hybridized carbons (Fsp3) is 0.125. The Balaban J connectivity index is 2.55. The van der Waals surface area contributed by atoms with Crippen LogP contribution < -0.4 is 16.8 Å². The van der Waals surface area contributed by atoms with E-state index in [1.165, 1.54) is 6.20 Å². The van der Waals surface area contributed by atoms with Crippen LogP contribution in [0.3, 0.4) is 0 Å². The Morgan fingerprint density at radius 2 is 2.26 bits per heavy atom. The van der Waals surface area contributed by atoms with Gasteiger partial charge in [-0.3, -0.25) is 5.32 Å². The summed E-state index contributed by atoms with van der Waals surface area (Å²) in [6, 6.07) is 3.66. The number of anilines is 1. The summed E-state index contributed by atoms with van der Waals surface area (Å²) in [7, 11) is 0. The van der Waals surface area contributed by atoms with Crippen molar-refractivity contribution >= 4 is 34.3 Å². The number of aromatic amines is 1. The number of hydrogen-bond acceptors (Lipinski definition) is 5. The van der Waals surface area contributed by atoms with Gasteiger partial charge in [0.15, 0.2) is 0 Å². The smallest absolute Gasteiger partial charge is 0.413 e. The fourth-order valence-electron chi connectivity index (χ4n) is 2.13. The van der Waals surface area contributed by atoms with Gasteiger partial charge in [-0.05, 0) is 30.2 Å². The summed E-state index contributed by atoms with van der Waals surface area (Å²) in [5.41, 5.74) is 15.3. The van der Waals surface area contributed by atoms with Crippen LogP contribution in [0.1, 0.15) is 18.1 Å². The van der Waals surface area contributed by atoms with E-state index in [1.807, 2.05) is 12.1 Å². The van der Waals surface area contributed by atoms with Crippen molar-refractivity contribution < 1.29 is 9.53 Å². The second-order valence-electron chi connectivity index (χ2n) is 4.70. The van der Waals surface area contributed by atoms with Gasteiger partial charge in [-0.1, -0.05) is 19.2 Å². The Morgan fingerprint density at radius 3 is 2.83 bits per heavy atom. The molecule has 0 aliphatic heterocycles. The van der Waals surface area contributed by atoms with Crippen LogP contribution in [0.25, 0.3) is 22.3 Å². The highest BCUT2D eigenvalue weighted by Gasteiger charge is 2.13. The monoisotopic (exact) mass is 313 g/mol. The van der Waals surface area contributed by atoms with Crippen molar-refractivity contribution in [3.8, 4) is 0 Å². The van der Waals surface area contributed by atoms with E-state index in [4.69, 9.17) is 16.2 Å². The Hall–Kier alpha value is -3.22. The van der Waals surface area contributed by atoms with Crippen molar-refractivity contribution in [2.75, 3.05) is 11.9 Å². The molecule has 2 rings (SSSR count). The van der Waals surface area contributed by atoms with Gasteiger partial charge in [0.1, 0.15) is 0 Å². The molecule has 23 heavy (non-hydrogen) atoms. The minimum Gasteiger partial charge on any atom is -0.450 e. The number of carbonyl (C=O) groups excluding carboxylic acids is 1. The summed E-state index contributed by atoms with van der Waals surface area (Å²) >= 11 is 0. The molecule has 0 spiro atoms. The number of rotatable bonds is 5. The first-order chi connectivity index (χ1) is 11.0. The van der Waals surface area contributed by atoms with Gasteiger partial charge in [0.05, 0.1) is 17.6 Å². The number of imidazole rings is 1. The second-order valence-corrected chi connectivity index (χ2v) is 4.70. The first-order valence-electron chi connectivity index (χ1n) is 6.97. The number of ether oxygens (including phenoxy) is 1. The highest BCUT2D eigenvalue weighted by Crippen LogP contribution is 2.27. The topological polar surface area (TPSA) is 119 Å². The van der Waals surface area contributed by atoms with Crippen LogP contribution >= 0.6 is 0 Å². The summed E-state index contributed by atoms with van der Waals surface area (Å²) < 4.78 is 4.83. The highest BCUT2D eigenvalue weighted by molar-refractivity contribution is 5.94. The van der Waals surface area contributed by atoms with Crippen molar-refractivity contribution in [3.63, 3.8) is 0 Å². The molecule has 2 aromatic rings. The molecule has 0 atom stereocenters. The number of aromatic nitrogens is 2. The van der Waals surface area contributed by atoms with E-state index in [0.717, 1.165) is 11.1 Å². The lowest BCUT2D eigenvalue weighted by Crippen LogP contribution is -2.14. The zero-order chi connectivity index (χ0) is 17.0. The Bertz CT molecular complexity index is 804. The molecule has 0 unspecified atom stereocenters. The number of allylic oxidation sites excluding steroid dienone is 2. The highest BCUT2D eigenvalue weighted by atomic mass is 16.5. The lowest BCUT2D eigenvalue weighted by Gasteiger charge is -2.06. The molecule has 0 saturated carbocycles. The van der Waals surface area contributed by atoms with Gasteiger partial charge in [0.25, 0.3) is 0 Å². The van der Waals surface area contributed by atoms with Gasteiger partial charge in [0, 0.05) is 17.5 Å². The third-order valence-corrected chi connectivity index (χ3v) is 3.16. The molecular weight excluding hydrogens is 294 g/mol. The van der Waals surface area contributed by atoms with Crippen molar-refractivity contribution in [1.82, 2.24) is 9.97 Å². The molecule has 1 aromatic carbocycles. The molecule has 0 aliphatic carbocycles. The molecule has 7 nitrogen and oxygen atoms in total. The first kappa shape index (κ1) is 16.2. The van der Waals surface area contributed by atoms with Crippen molar-refractivity contribution in [2.24, 2.45) is 11.5 Å². The van der Waals surface area contributed by atoms with Crippen molar-refractivity contribution in [1.29, 1.82) is 0 Å². The molecule has 0 radical (unpaired) electrons. The van der Waals surface area contributed by atoms with Gasteiger partial charge in [-0.2, -0.15) is 0 Å². The molecule has 0 aliphatic rings. The van der Waals surface area contributed by atoms with Crippen LogP contribution in [-0.2, 0) is 4.74 Å². The third kappa shape index (κ3) is 3.34. The SMILES string of the molecule is C=C/C(=C\N)c1cc(C(=C)N)c2nc(NC(=O)OCC)[nH]c2c1. The largest absolute Gasteiger partial charge is 0.450 e. The molecule has 1 aromatic heterocycles. The van der Waals surface area contributed by atoms with E-state index in [-0.39, 0.29) is 12.6 Å². The van der Waals surface area contributed by atoms with Crippen LogP contribution in [0.4, 0.5) is 10.7 Å². The van der Waals surface area contributed by atoms with E-state index in [0.29, 0.717) is 22.3 Å². The number of hydrogen-bond donors (Lipinski definition) is 4. The standard InChI is InChI=1S/C16H19N5O2/c1-4-10(8-17)11-6-12(9(3)18)14-13(7-11)19-15(20-14)21-16(22)23-5-2/h4,6-8H,1,3,5,17-18H2,2H3,(H2,19,20,21,22)/b10-8+. The number of carbonyl (C=O) groups is 1. The molecule has 0 fully saturated rings. The minimum absolute atomic E-state index is 0.259. The first-order valence-corrected chi connectivity index (χ1v) is 6.97. The number of benzene rings is 1. The average Bonchev–Trinajstić information content (AvgIpc) is 2.89. The van der Waals surface area contributed by atoms with Gasteiger partial charge >= 0.3 is 6.09 Å². The average molecular weight is 313 g/mol. The molecule has 0 saturated heterocycles. The van der Waals surface area contributed by atoms with Crippen molar-refractivity contribution in [3.05, 3.63) is 48.7 Å². The van der Waals surface area contributed by atoms with E-state index in [9.17, 15) is 4.79 Å². The zero-order valence-electron chi connectivity index (χ0n) is 12.8. The van der Waals surface area contributed by atoms with Gasteiger partial charge in [0.2, 0.25) is 5.95 Å². The summed E-state index contributed by atoms with van der Waals surface area (Å²) in [6.07, 6.45) is 2.50. The Morgan fingerprint density at radius 1 is 1.52 bits per heavy atom. The number of fused-ring (bicyclic) bond motifs is 1. The summed E-state index contributed by atoms with van der Waals surface area (Å²) in [4.78, 5) is 18.8. The third-order valence-electron chi connectivity index (χ3n) is 3.16. The number of nitrogens with zero attached hydrogens (tertiary/aromatic N) is 1. The van der Waals surface area contributed by atoms with E-state index >= 15 is 0 Å². The van der Waals surface area contributed by atoms with E-state index in [1.54, 1.807) is 13.0 Å². The molecule has 1 amide bonds. The molecular formula is C16H19N5O2. The van der Waals surface area contributed by atoms with E-state index < -0.39 is 6.09 Å². The summed E-state index contributed by atoms with van der Waals surface area (Å²) in [5, 5.41) is 2.52. The molecule has 1 heterocycles. The maximum Gasteiger partial charge on any atom is 0.413 e. The molecule has 0 bridgehead atoms. The minimum atomic E-state index is -0.589. The lowest BCUT2D eigenvalue weighted by molar-refractivity contribution is 0.167. The zero-order valence-corrected chi connectivity index (χ0v) is 12.8. The number of nitrogens with one attached hydrogen (secondary N) is 2. The molecule has 6 N–H and O–H groups in total. The molecule has 120 valence electrons. The lowest BCUT2D eigenvalue weighted by atomic mass is 10.0. The van der Waals surface area contributed by atoms with Crippen molar-refractivity contribution in [2.45, 2.75) is 6.92 Å². The van der Waals surface area contributed by atoms with E-state index in [2.05, 4.69) is 28.4 Å². The van der Waals surface area contributed by atoms with Crippen LogP contribution in [0, 0.1) is 0 Å². The Kier molecular flexibility index (Phi) is 4.70.